The van der Waals surface area contributed by atoms with E-state index in [-0.39, 0.29) is 17.3 Å². The van der Waals surface area contributed by atoms with Gasteiger partial charge in [0.15, 0.2) is 5.82 Å². The first-order valence-electron chi connectivity index (χ1n) is 5.21. The molecule has 9 nitrogen and oxygen atoms in total. The molecule has 0 radical (unpaired) electrons. The average Bonchev–Trinajstić information content (AvgIpc) is 2.82. The van der Waals surface area contributed by atoms with Crippen molar-refractivity contribution in [3.8, 4) is 11.4 Å². The molecular weight excluding hydrogens is 250 g/mol. The maximum Gasteiger partial charge on any atom is 0.329 e. The largest absolute Gasteiger partial charge is 0.378 e. The molecule has 0 saturated heterocycles. The van der Waals surface area contributed by atoms with E-state index in [1.54, 1.807) is 29.3 Å². The zero-order chi connectivity index (χ0) is 13.4. The minimum absolute atomic E-state index is 0.182. The van der Waals surface area contributed by atoms with Crippen molar-refractivity contribution in [2.45, 2.75) is 0 Å². The van der Waals surface area contributed by atoms with Crippen LogP contribution < -0.4 is 5.73 Å². The van der Waals surface area contributed by atoms with Gasteiger partial charge in [0, 0.05) is 12.4 Å². The van der Waals surface area contributed by atoms with E-state index in [2.05, 4.69) is 20.1 Å². The number of fused-ring (bicyclic) bond motifs is 1. The lowest BCUT2D eigenvalue weighted by Crippen LogP contribution is -2.01. The zero-order valence-corrected chi connectivity index (χ0v) is 9.46. The molecule has 0 aliphatic carbocycles. The predicted molar refractivity (Wildman–Crippen MR) is 65.1 cm³/mol. The van der Waals surface area contributed by atoms with Crippen molar-refractivity contribution < 1.29 is 4.92 Å². The molecule has 0 amide bonds. The van der Waals surface area contributed by atoms with Gasteiger partial charge in [-0.2, -0.15) is 5.10 Å². The number of rotatable bonds is 2. The van der Waals surface area contributed by atoms with Crippen LogP contribution in [0.2, 0.25) is 0 Å². The third-order valence-corrected chi connectivity index (χ3v) is 2.56. The summed E-state index contributed by atoms with van der Waals surface area (Å²) in [4.78, 5) is 21.9. The van der Waals surface area contributed by atoms with Crippen molar-refractivity contribution in [2.24, 2.45) is 0 Å². The summed E-state index contributed by atoms with van der Waals surface area (Å²) < 4.78 is 1.60. The van der Waals surface area contributed by atoms with Crippen molar-refractivity contribution >= 4 is 17.0 Å². The summed E-state index contributed by atoms with van der Waals surface area (Å²) in [5, 5.41) is 14.8. The Morgan fingerprint density at radius 3 is 2.89 bits per heavy atom. The maximum atomic E-state index is 10.7. The van der Waals surface area contributed by atoms with Crippen molar-refractivity contribution in [2.75, 3.05) is 5.73 Å². The molecule has 2 N–H and O–H groups in total. The molecule has 0 unspecified atom stereocenters. The second-order valence-electron chi connectivity index (χ2n) is 3.69. The van der Waals surface area contributed by atoms with Gasteiger partial charge in [-0.3, -0.25) is 15.1 Å². The fraction of sp³-hybridized carbons (Fsp3) is 0. The van der Waals surface area contributed by atoms with Crippen LogP contribution in [0.15, 0.2) is 31.0 Å². The number of nitrogens with two attached hydrogens (primary N) is 1. The zero-order valence-electron chi connectivity index (χ0n) is 9.46. The fourth-order valence-electron chi connectivity index (χ4n) is 1.67. The molecular formula is C10H7N7O2. The number of nitrogen functional groups attached to an aromatic ring is 1. The van der Waals surface area contributed by atoms with Crippen molar-refractivity contribution in [3.63, 3.8) is 0 Å². The van der Waals surface area contributed by atoms with Crippen molar-refractivity contribution in [1.29, 1.82) is 0 Å². The minimum atomic E-state index is -0.628. The molecule has 0 bridgehead atoms. The first-order chi connectivity index (χ1) is 9.16. The molecule has 0 atom stereocenters. The van der Waals surface area contributed by atoms with E-state index in [1.807, 2.05) is 0 Å². The number of hydrogen-bond acceptors (Lipinski definition) is 7. The van der Waals surface area contributed by atoms with E-state index in [9.17, 15) is 10.1 Å². The highest BCUT2D eigenvalue weighted by atomic mass is 16.6. The van der Waals surface area contributed by atoms with Crippen LogP contribution >= 0.6 is 0 Å². The molecule has 0 aliphatic heterocycles. The Balaban J connectivity index is 2.17. The first-order valence-corrected chi connectivity index (χ1v) is 5.21. The van der Waals surface area contributed by atoms with Gasteiger partial charge in [-0.25, -0.2) is 14.5 Å². The normalized spacial score (nSPS) is 10.7. The summed E-state index contributed by atoms with van der Waals surface area (Å²) >= 11 is 0. The molecule has 0 fully saturated rings. The van der Waals surface area contributed by atoms with Gasteiger partial charge in [0.1, 0.15) is 6.20 Å². The lowest BCUT2D eigenvalue weighted by atomic mass is 10.2. The van der Waals surface area contributed by atoms with E-state index >= 15 is 0 Å². The third-order valence-electron chi connectivity index (χ3n) is 2.56. The number of anilines is 1. The Labute approximate surface area is 105 Å². The molecule has 0 aliphatic rings. The van der Waals surface area contributed by atoms with Crippen molar-refractivity contribution in [1.82, 2.24) is 24.6 Å². The van der Waals surface area contributed by atoms with Gasteiger partial charge in [0.25, 0.3) is 0 Å². The van der Waals surface area contributed by atoms with Crippen LogP contribution in [-0.2, 0) is 0 Å². The lowest BCUT2D eigenvalue weighted by molar-refractivity contribution is -0.384. The Hall–Kier alpha value is -3.10. The highest BCUT2D eigenvalue weighted by Crippen LogP contribution is 2.24. The van der Waals surface area contributed by atoms with Crippen LogP contribution in [-0.4, -0.2) is 29.5 Å². The SMILES string of the molecule is Nc1nc(-c2cnn3ccncc23)ncc1[N+](=O)[O-]. The second kappa shape index (κ2) is 3.98. The number of nitrogens with zero attached hydrogens (tertiary/aromatic N) is 6. The average molecular weight is 257 g/mol. The van der Waals surface area contributed by atoms with Gasteiger partial charge in [0.05, 0.1) is 28.4 Å². The van der Waals surface area contributed by atoms with Crippen LogP contribution in [0, 0.1) is 10.1 Å². The van der Waals surface area contributed by atoms with Crippen LogP contribution in [0.25, 0.3) is 16.9 Å². The van der Waals surface area contributed by atoms with Crippen LogP contribution in [0.5, 0.6) is 0 Å². The van der Waals surface area contributed by atoms with Crippen LogP contribution in [0.4, 0.5) is 11.5 Å². The number of hydrogen-bond donors (Lipinski definition) is 1. The highest BCUT2D eigenvalue weighted by Gasteiger charge is 2.17. The molecule has 19 heavy (non-hydrogen) atoms. The van der Waals surface area contributed by atoms with Gasteiger partial charge in [-0.1, -0.05) is 0 Å². The monoisotopic (exact) mass is 257 g/mol. The molecule has 3 heterocycles. The van der Waals surface area contributed by atoms with E-state index < -0.39 is 4.92 Å². The third kappa shape index (κ3) is 1.73. The molecule has 94 valence electrons. The van der Waals surface area contributed by atoms with E-state index in [4.69, 9.17) is 5.73 Å². The predicted octanol–water partition coefficient (Wildman–Crippen LogP) is 0.677. The molecule has 3 aromatic heterocycles. The Morgan fingerprint density at radius 1 is 1.32 bits per heavy atom. The highest BCUT2D eigenvalue weighted by molar-refractivity contribution is 5.75. The topological polar surface area (TPSA) is 125 Å². The lowest BCUT2D eigenvalue weighted by Gasteiger charge is -1.99. The maximum absolute atomic E-state index is 10.7. The van der Waals surface area contributed by atoms with Crippen LogP contribution in [0.1, 0.15) is 0 Å². The Morgan fingerprint density at radius 2 is 2.16 bits per heavy atom. The summed E-state index contributed by atoms with van der Waals surface area (Å²) in [5.74, 6) is 0.0874. The smallest absolute Gasteiger partial charge is 0.329 e. The summed E-state index contributed by atoms with van der Waals surface area (Å²) in [7, 11) is 0. The summed E-state index contributed by atoms with van der Waals surface area (Å²) in [6, 6.07) is 0. The summed E-state index contributed by atoms with van der Waals surface area (Å²) in [6.45, 7) is 0. The van der Waals surface area contributed by atoms with Crippen molar-refractivity contribution in [3.05, 3.63) is 41.1 Å². The Bertz CT molecular complexity index is 782. The van der Waals surface area contributed by atoms with E-state index in [0.29, 0.717) is 11.1 Å². The first kappa shape index (κ1) is 11.0. The van der Waals surface area contributed by atoms with Crippen LogP contribution in [0.3, 0.4) is 0 Å². The van der Waals surface area contributed by atoms with Gasteiger partial charge < -0.3 is 5.73 Å². The minimum Gasteiger partial charge on any atom is -0.378 e. The number of aromatic nitrogens is 5. The Kier molecular flexibility index (Phi) is 2.31. The molecule has 0 spiro atoms. The standard InChI is InChI=1S/C10H7N7O2/c11-9-8(17(18)19)5-13-10(15-9)6-3-14-16-2-1-12-4-7(6)16/h1-5H,(H2,11,13,15). The number of nitro groups is 1. The second-order valence-corrected chi connectivity index (χ2v) is 3.69. The molecule has 0 saturated carbocycles. The molecule has 3 aromatic rings. The quantitative estimate of drug-likeness (QED) is 0.528. The van der Waals surface area contributed by atoms with E-state index in [1.165, 1.54) is 0 Å². The van der Waals surface area contributed by atoms with Gasteiger partial charge in [0.2, 0.25) is 5.82 Å². The summed E-state index contributed by atoms with van der Waals surface area (Å²) in [5.41, 5.74) is 6.51. The molecule has 0 aromatic carbocycles. The van der Waals surface area contributed by atoms with Gasteiger partial charge in [-0.05, 0) is 0 Å². The molecule has 9 heteroatoms. The van der Waals surface area contributed by atoms with Gasteiger partial charge >= 0.3 is 5.69 Å². The fourth-order valence-corrected chi connectivity index (χ4v) is 1.67. The molecule has 3 rings (SSSR count). The summed E-state index contributed by atoms with van der Waals surface area (Å²) in [6.07, 6.45) is 7.50. The van der Waals surface area contributed by atoms with E-state index in [0.717, 1.165) is 6.20 Å². The van der Waals surface area contributed by atoms with Gasteiger partial charge in [-0.15, -0.1) is 0 Å².